The van der Waals surface area contributed by atoms with Crippen molar-refractivity contribution in [2.75, 3.05) is 39.5 Å². The quantitative estimate of drug-likeness (QED) is 0.513. The molecule has 12 heavy (non-hydrogen) atoms. The molecule has 0 radical (unpaired) electrons. The zero-order valence-corrected chi connectivity index (χ0v) is 7.20. The summed E-state index contributed by atoms with van der Waals surface area (Å²) in [5, 5.41) is 12.3. The van der Waals surface area contributed by atoms with Crippen molar-refractivity contribution in [2.24, 2.45) is 0 Å². The van der Waals surface area contributed by atoms with E-state index in [0.717, 1.165) is 32.8 Å². The van der Waals surface area contributed by atoms with Crippen LogP contribution in [-0.2, 0) is 4.74 Å². The number of hydrogen-bond donors (Lipinski definition) is 2. The van der Waals surface area contributed by atoms with Crippen molar-refractivity contribution in [3.05, 3.63) is 0 Å². The maximum atomic E-state index is 8.96. The number of ether oxygens (including phenoxy) is 1. The summed E-state index contributed by atoms with van der Waals surface area (Å²) in [7, 11) is 0. The molecule has 2 aliphatic rings. The third kappa shape index (κ3) is 1.61. The van der Waals surface area contributed by atoms with Gasteiger partial charge in [0.15, 0.2) is 0 Å². The van der Waals surface area contributed by atoms with Crippen molar-refractivity contribution < 1.29 is 9.84 Å². The van der Waals surface area contributed by atoms with E-state index in [1.54, 1.807) is 0 Å². The smallest absolute Gasteiger partial charge is 0.0634 e. The summed E-state index contributed by atoms with van der Waals surface area (Å²) in [6.45, 7) is 4.85. The maximum Gasteiger partial charge on any atom is 0.0634 e. The first-order valence-corrected chi connectivity index (χ1v) is 4.56. The monoisotopic (exact) mass is 172 g/mol. The summed E-state index contributed by atoms with van der Waals surface area (Å²) in [5.74, 6) is 0. The zero-order valence-electron chi connectivity index (χ0n) is 7.20. The van der Waals surface area contributed by atoms with Gasteiger partial charge in [0.25, 0.3) is 0 Å². The topological polar surface area (TPSA) is 44.7 Å². The molecule has 2 saturated heterocycles. The fraction of sp³-hybridized carbons (Fsp3) is 1.00. The van der Waals surface area contributed by atoms with Gasteiger partial charge in [0.05, 0.1) is 19.8 Å². The van der Waals surface area contributed by atoms with Crippen LogP contribution in [0.5, 0.6) is 0 Å². The molecule has 70 valence electrons. The molecule has 2 aliphatic heterocycles. The van der Waals surface area contributed by atoms with Crippen LogP contribution < -0.4 is 5.32 Å². The van der Waals surface area contributed by atoms with Crippen LogP contribution in [0, 0.1) is 0 Å². The van der Waals surface area contributed by atoms with E-state index in [9.17, 15) is 0 Å². The molecule has 0 aromatic rings. The molecule has 2 fully saturated rings. The predicted molar refractivity (Wildman–Crippen MR) is 45.1 cm³/mol. The number of piperazine rings is 1. The van der Waals surface area contributed by atoms with E-state index in [0.29, 0.717) is 6.04 Å². The third-order valence-corrected chi connectivity index (χ3v) is 2.67. The Labute approximate surface area is 72.5 Å². The van der Waals surface area contributed by atoms with Crippen LogP contribution in [0.15, 0.2) is 0 Å². The Hall–Kier alpha value is -0.160. The number of nitrogens with zero attached hydrogens (tertiary/aromatic N) is 1. The van der Waals surface area contributed by atoms with Gasteiger partial charge in [-0.1, -0.05) is 0 Å². The van der Waals surface area contributed by atoms with Gasteiger partial charge in [-0.3, -0.25) is 4.90 Å². The molecule has 2 heterocycles. The first kappa shape index (κ1) is 8.44. The molecule has 2 atom stereocenters. The van der Waals surface area contributed by atoms with E-state index >= 15 is 0 Å². The Balaban J connectivity index is 1.90. The zero-order chi connectivity index (χ0) is 8.39. The van der Waals surface area contributed by atoms with Crippen LogP contribution in [0.3, 0.4) is 0 Å². The van der Waals surface area contributed by atoms with Gasteiger partial charge in [0, 0.05) is 31.7 Å². The second-order valence-corrected chi connectivity index (χ2v) is 3.51. The molecule has 0 aromatic heterocycles. The van der Waals surface area contributed by atoms with Crippen LogP contribution in [-0.4, -0.2) is 61.5 Å². The average molecular weight is 172 g/mol. The van der Waals surface area contributed by atoms with Gasteiger partial charge < -0.3 is 15.2 Å². The van der Waals surface area contributed by atoms with E-state index in [-0.39, 0.29) is 12.6 Å². The Bertz CT molecular complexity index is 154. The number of hydrogen-bond acceptors (Lipinski definition) is 4. The summed E-state index contributed by atoms with van der Waals surface area (Å²) >= 11 is 0. The Morgan fingerprint density at radius 2 is 2.50 bits per heavy atom. The molecule has 0 spiro atoms. The predicted octanol–water partition coefficient (Wildman–Crippen LogP) is -1.35. The van der Waals surface area contributed by atoms with E-state index in [2.05, 4.69) is 10.2 Å². The van der Waals surface area contributed by atoms with Crippen molar-refractivity contribution in [2.45, 2.75) is 12.1 Å². The molecule has 0 bridgehead atoms. The minimum atomic E-state index is 0.240. The first-order chi connectivity index (χ1) is 5.90. The first-order valence-electron chi connectivity index (χ1n) is 4.56. The normalized spacial score (nSPS) is 37.8. The van der Waals surface area contributed by atoms with Crippen LogP contribution in [0.1, 0.15) is 0 Å². The molecule has 0 saturated carbocycles. The summed E-state index contributed by atoms with van der Waals surface area (Å²) in [6, 6.07) is 0.792. The number of aliphatic hydroxyl groups is 1. The van der Waals surface area contributed by atoms with E-state index in [4.69, 9.17) is 9.84 Å². The number of rotatable bonds is 1. The van der Waals surface area contributed by atoms with E-state index in [1.807, 2.05) is 0 Å². The molecular weight excluding hydrogens is 156 g/mol. The van der Waals surface area contributed by atoms with Gasteiger partial charge in [-0.2, -0.15) is 0 Å². The average Bonchev–Trinajstić information content (AvgIpc) is 2.17. The molecular formula is C8H16N2O2. The number of aliphatic hydroxyl groups excluding tert-OH is 1. The molecule has 1 unspecified atom stereocenters. The SMILES string of the molecule is OCC1CN2CCOC[C@@H]2CN1. The summed E-state index contributed by atoms with van der Waals surface area (Å²) in [4.78, 5) is 2.40. The summed E-state index contributed by atoms with van der Waals surface area (Å²) in [5.41, 5.74) is 0. The van der Waals surface area contributed by atoms with Crippen LogP contribution >= 0.6 is 0 Å². The Morgan fingerprint density at radius 3 is 3.33 bits per heavy atom. The highest BCUT2D eigenvalue weighted by Gasteiger charge is 2.29. The fourth-order valence-corrected chi connectivity index (χ4v) is 1.89. The van der Waals surface area contributed by atoms with Crippen LogP contribution in [0.25, 0.3) is 0 Å². The number of fused-ring (bicyclic) bond motifs is 1. The van der Waals surface area contributed by atoms with Gasteiger partial charge in [-0.15, -0.1) is 0 Å². The fourth-order valence-electron chi connectivity index (χ4n) is 1.89. The van der Waals surface area contributed by atoms with Crippen molar-refractivity contribution in [1.29, 1.82) is 0 Å². The highest BCUT2D eigenvalue weighted by Crippen LogP contribution is 2.10. The number of morpholine rings is 1. The third-order valence-electron chi connectivity index (χ3n) is 2.67. The minimum Gasteiger partial charge on any atom is -0.395 e. The summed E-state index contributed by atoms with van der Waals surface area (Å²) in [6.07, 6.45) is 0. The molecule has 4 heteroatoms. The molecule has 0 aliphatic carbocycles. The minimum absolute atomic E-state index is 0.240. The van der Waals surface area contributed by atoms with Crippen LogP contribution in [0.4, 0.5) is 0 Å². The highest BCUT2D eigenvalue weighted by molar-refractivity contribution is 4.87. The number of nitrogens with one attached hydrogen (secondary N) is 1. The molecule has 2 N–H and O–H groups in total. The van der Waals surface area contributed by atoms with Crippen LogP contribution in [0.2, 0.25) is 0 Å². The standard InChI is InChI=1S/C8H16N2O2/c11-5-7-4-10-1-2-12-6-8(10)3-9-7/h7-9,11H,1-6H2/t7?,8-/m0/s1. The second-order valence-electron chi connectivity index (χ2n) is 3.51. The summed E-state index contributed by atoms with van der Waals surface area (Å²) < 4.78 is 5.36. The highest BCUT2D eigenvalue weighted by atomic mass is 16.5. The lowest BCUT2D eigenvalue weighted by Gasteiger charge is -2.42. The van der Waals surface area contributed by atoms with E-state index in [1.165, 1.54) is 0 Å². The lowest BCUT2D eigenvalue weighted by Crippen LogP contribution is -2.61. The van der Waals surface area contributed by atoms with E-state index < -0.39 is 0 Å². The maximum absolute atomic E-state index is 8.96. The molecule has 0 aromatic carbocycles. The lowest BCUT2D eigenvalue weighted by molar-refractivity contribution is -0.0307. The van der Waals surface area contributed by atoms with Crippen molar-refractivity contribution in [3.8, 4) is 0 Å². The van der Waals surface area contributed by atoms with Gasteiger partial charge in [0.1, 0.15) is 0 Å². The van der Waals surface area contributed by atoms with Gasteiger partial charge in [-0.05, 0) is 0 Å². The second kappa shape index (κ2) is 3.70. The van der Waals surface area contributed by atoms with Gasteiger partial charge >= 0.3 is 0 Å². The lowest BCUT2D eigenvalue weighted by atomic mass is 10.1. The Kier molecular flexibility index (Phi) is 2.60. The molecule has 0 amide bonds. The molecule has 2 rings (SSSR count). The van der Waals surface area contributed by atoms with Gasteiger partial charge in [0.2, 0.25) is 0 Å². The van der Waals surface area contributed by atoms with Crippen molar-refractivity contribution >= 4 is 0 Å². The van der Waals surface area contributed by atoms with Crippen molar-refractivity contribution in [3.63, 3.8) is 0 Å². The Morgan fingerprint density at radius 1 is 1.58 bits per heavy atom. The largest absolute Gasteiger partial charge is 0.395 e. The van der Waals surface area contributed by atoms with Crippen molar-refractivity contribution in [1.82, 2.24) is 10.2 Å². The van der Waals surface area contributed by atoms with Gasteiger partial charge in [-0.25, -0.2) is 0 Å². The molecule has 4 nitrogen and oxygen atoms in total.